The van der Waals surface area contributed by atoms with E-state index in [2.05, 4.69) is 26.1 Å². The van der Waals surface area contributed by atoms with Gasteiger partial charge in [-0.2, -0.15) is 5.10 Å². The molecule has 0 radical (unpaired) electrons. The number of H-pyrrole nitrogens is 1. The Hall–Kier alpha value is -1.56. The summed E-state index contributed by atoms with van der Waals surface area (Å²) < 4.78 is 19.2. The Morgan fingerprint density at radius 2 is 2.19 bits per heavy atom. The van der Waals surface area contributed by atoms with Crippen LogP contribution in [-0.2, 0) is 0 Å². The predicted octanol–water partition coefficient (Wildman–Crippen LogP) is 2.57. The van der Waals surface area contributed by atoms with Crippen molar-refractivity contribution in [2.45, 2.75) is 0 Å². The van der Waals surface area contributed by atoms with Crippen LogP contribution >= 0.6 is 15.9 Å². The number of ether oxygens (including phenoxy) is 1. The first-order valence-corrected chi connectivity index (χ1v) is 5.25. The fraction of sp³-hybridized carbons (Fsp3) is 0.100. The van der Waals surface area contributed by atoms with Crippen LogP contribution in [0.2, 0.25) is 0 Å². The Labute approximate surface area is 99.7 Å². The van der Waals surface area contributed by atoms with Crippen molar-refractivity contribution in [1.82, 2.24) is 10.2 Å². The highest BCUT2D eigenvalue weighted by atomic mass is 79.9. The molecule has 0 amide bonds. The summed E-state index contributed by atoms with van der Waals surface area (Å²) in [4.78, 5) is 0. The van der Waals surface area contributed by atoms with Gasteiger partial charge in [0, 0.05) is 11.1 Å². The van der Waals surface area contributed by atoms with E-state index in [9.17, 15) is 4.39 Å². The fourth-order valence-corrected chi connectivity index (χ4v) is 1.92. The normalized spacial score (nSPS) is 10.4. The zero-order chi connectivity index (χ0) is 11.7. The van der Waals surface area contributed by atoms with Gasteiger partial charge in [-0.25, -0.2) is 4.39 Å². The lowest BCUT2D eigenvalue weighted by Crippen LogP contribution is -1.93. The van der Waals surface area contributed by atoms with Gasteiger partial charge < -0.3 is 10.5 Å². The summed E-state index contributed by atoms with van der Waals surface area (Å²) in [6.45, 7) is 0. The number of hydrogen-bond donors (Lipinski definition) is 2. The molecule has 0 spiro atoms. The topological polar surface area (TPSA) is 63.9 Å². The summed E-state index contributed by atoms with van der Waals surface area (Å²) in [5, 5.41) is 6.31. The van der Waals surface area contributed by atoms with Gasteiger partial charge in [0.2, 0.25) is 0 Å². The maximum Gasteiger partial charge on any atom is 0.149 e. The Morgan fingerprint density at radius 1 is 1.44 bits per heavy atom. The van der Waals surface area contributed by atoms with Crippen LogP contribution in [0.1, 0.15) is 0 Å². The van der Waals surface area contributed by atoms with Crippen molar-refractivity contribution in [1.29, 1.82) is 0 Å². The third kappa shape index (κ3) is 1.65. The van der Waals surface area contributed by atoms with Crippen molar-refractivity contribution in [3.8, 4) is 16.9 Å². The Bertz CT molecular complexity index is 527. The number of benzene rings is 1. The molecule has 0 aliphatic carbocycles. The van der Waals surface area contributed by atoms with Gasteiger partial charge in [-0.05, 0) is 28.1 Å². The van der Waals surface area contributed by atoms with E-state index < -0.39 is 5.82 Å². The fourth-order valence-electron chi connectivity index (χ4n) is 1.41. The van der Waals surface area contributed by atoms with Gasteiger partial charge in [0.15, 0.2) is 0 Å². The van der Waals surface area contributed by atoms with Crippen LogP contribution in [0, 0.1) is 5.82 Å². The molecule has 0 aliphatic heterocycles. The number of nitrogens with one attached hydrogen (secondary N) is 1. The molecule has 84 valence electrons. The molecule has 16 heavy (non-hydrogen) atoms. The largest absolute Gasteiger partial charge is 0.495 e. The predicted molar refractivity (Wildman–Crippen MR) is 62.6 cm³/mol. The average molecular weight is 286 g/mol. The van der Waals surface area contributed by atoms with E-state index in [1.54, 1.807) is 12.1 Å². The van der Waals surface area contributed by atoms with Gasteiger partial charge in [-0.3, -0.25) is 5.10 Å². The summed E-state index contributed by atoms with van der Waals surface area (Å²) in [5.74, 6) is 0.340. The molecule has 0 saturated heterocycles. The zero-order valence-electron chi connectivity index (χ0n) is 8.42. The van der Waals surface area contributed by atoms with E-state index in [4.69, 9.17) is 10.5 Å². The molecule has 4 nitrogen and oxygen atoms in total. The number of anilines is 1. The second-order valence-electron chi connectivity index (χ2n) is 3.14. The minimum Gasteiger partial charge on any atom is -0.495 e. The SMILES string of the molecule is COc1ccc(-c2cn[nH]c2N)c(F)c1Br. The van der Waals surface area contributed by atoms with Gasteiger partial charge in [-0.1, -0.05) is 0 Å². The molecule has 0 unspecified atom stereocenters. The molecule has 0 bridgehead atoms. The molecule has 1 aromatic carbocycles. The number of aromatic nitrogens is 2. The number of nitrogens with two attached hydrogens (primary N) is 1. The molecule has 0 atom stereocenters. The first-order chi connectivity index (χ1) is 7.65. The Morgan fingerprint density at radius 3 is 2.75 bits per heavy atom. The van der Waals surface area contributed by atoms with E-state index in [1.165, 1.54) is 13.3 Å². The van der Waals surface area contributed by atoms with E-state index in [-0.39, 0.29) is 4.47 Å². The lowest BCUT2D eigenvalue weighted by Gasteiger charge is -2.07. The van der Waals surface area contributed by atoms with Crippen LogP contribution in [-0.4, -0.2) is 17.3 Å². The van der Waals surface area contributed by atoms with Crippen molar-refractivity contribution in [2.75, 3.05) is 12.8 Å². The molecule has 0 aliphatic rings. The lowest BCUT2D eigenvalue weighted by molar-refractivity contribution is 0.408. The Balaban J connectivity index is 2.60. The minimum atomic E-state index is -0.424. The Kier molecular flexibility index (Phi) is 2.82. The molecular weight excluding hydrogens is 277 g/mol. The van der Waals surface area contributed by atoms with Gasteiger partial charge in [0.25, 0.3) is 0 Å². The third-order valence-corrected chi connectivity index (χ3v) is 2.96. The second kappa shape index (κ2) is 4.13. The molecule has 2 rings (SSSR count). The van der Waals surface area contributed by atoms with Gasteiger partial charge in [0.1, 0.15) is 17.4 Å². The summed E-state index contributed by atoms with van der Waals surface area (Å²) in [6.07, 6.45) is 1.48. The number of halogens is 2. The highest BCUT2D eigenvalue weighted by Crippen LogP contribution is 2.35. The van der Waals surface area contributed by atoms with Crippen LogP contribution in [0.5, 0.6) is 5.75 Å². The van der Waals surface area contributed by atoms with Crippen LogP contribution in [0.15, 0.2) is 22.8 Å². The molecule has 3 N–H and O–H groups in total. The van der Waals surface area contributed by atoms with Crippen molar-refractivity contribution in [3.63, 3.8) is 0 Å². The summed E-state index contributed by atoms with van der Waals surface area (Å²) in [6, 6.07) is 3.26. The van der Waals surface area contributed by atoms with E-state index in [0.717, 1.165) is 0 Å². The van der Waals surface area contributed by atoms with E-state index >= 15 is 0 Å². The van der Waals surface area contributed by atoms with Crippen LogP contribution in [0.3, 0.4) is 0 Å². The maximum atomic E-state index is 14.0. The molecule has 0 fully saturated rings. The second-order valence-corrected chi connectivity index (χ2v) is 3.93. The molecule has 0 saturated carbocycles. The maximum absolute atomic E-state index is 14.0. The number of aromatic amines is 1. The molecule has 1 heterocycles. The first-order valence-electron chi connectivity index (χ1n) is 4.46. The van der Waals surface area contributed by atoms with Crippen molar-refractivity contribution < 1.29 is 9.13 Å². The number of rotatable bonds is 2. The standard InChI is InChI=1S/C10H9BrFN3O/c1-16-7-3-2-5(9(12)8(7)11)6-4-14-15-10(6)13/h2-4H,1H3,(H3,13,14,15). The number of methoxy groups -OCH3 is 1. The zero-order valence-corrected chi connectivity index (χ0v) is 10.0. The average Bonchev–Trinajstić information content (AvgIpc) is 2.69. The quantitative estimate of drug-likeness (QED) is 0.891. The third-order valence-electron chi connectivity index (χ3n) is 2.23. The van der Waals surface area contributed by atoms with Crippen molar-refractivity contribution >= 4 is 21.7 Å². The van der Waals surface area contributed by atoms with Crippen LogP contribution in [0.4, 0.5) is 10.2 Å². The lowest BCUT2D eigenvalue weighted by atomic mass is 10.1. The highest BCUT2D eigenvalue weighted by Gasteiger charge is 2.15. The molecular formula is C10H9BrFN3O. The number of nitrogen functional groups attached to an aromatic ring is 1. The van der Waals surface area contributed by atoms with Crippen molar-refractivity contribution in [2.24, 2.45) is 0 Å². The van der Waals surface area contributed by atoms with Gasteiger partial charge in [0.05, 0.1) is 17.8 Å². The van der Waals surface area contributed by atoms with E-state index in [1.807, 2.05) is 0 Å². The number of hydrogen-bond acceptors (Lipinski definition) is 3. The van der Waals surface area contributed by atoms with Crippen LogP contribution in [0.25, 0.3) is 11.1 Å². The van der Waals surface area contributed by atoms with Gasteiger partial charge >= 0.3 is 0 Å². The monoisotopic (exact) mass is 285 g/mol. The number of nitrogens with zero attached hydrogens (tertiary/aromatic N) is 1. The summed E-state index contributed by atoms with van der Waals surface area (Å²) >= 11 is 3.13. The molecule has 1 aromatic heterocycles. The summed E-state index contributed by atoms with van der Waals surface area (Å²) in [7, 11) is 1.48. The van der Waals surface area contributed by atoms with Gasteiger partial charge in [-0.15, -0.1) is 0 Å². The van der Waals surface area contributed by atoms with Crippen LogP contribution < -0.4 is 10.5 Å². The highest BCUT2D eigenvalue weighted by molar-refractivity contribution is 9.10. The smallest absolute Gasteiger partial charge is 0.149 e. The molecule has 6 heteroatoms. The molecule has 2 aromatic rings. The summed E-state index contributed by atoms with van der Waals surface area (Å²) in [5.41, 5.74) is 6.53. The first kappa shape index (κ1) is 10.9. The van der Waals surface area contributed by atoms with E-state index in [0.29, 0.717) is 22.7 Å². The van der Waals surface area contributed by atoms with Crippen molar-refractivity contribution in [3.05, 3.63) is 28.6 Å². The minimum absolute atomic E-state index is 0.271.